The van der Waals surface area contributed by atoms with Crippen molar-refractivity contribution in [3.05, 3.63) is 71.8 Å². The second-order valence-electron chi connectivity index (χ2n) is 5.35. The van der Waals surface area contributed by atoms with Crippen LogP contribution in [0.5, 0.6) is 0 Å². The van der Waals surface area contributed by atoms with Crippen LogP contribution in [0.1, 0.15) is 17.5 Å². The largest absolute Gasteiger partial charge is 0.460 e. The van der Waals surface area contributed by atoms with Crippen LogP contribution < -0.4 is 0 Å². The molecule has 0 bridgehead atoms. The first-order chi connectivity index (χ1) is 10.3. The van der Waals surface area contributed by atoms with Crippen molar-refractivity contribution in [2.24, 2.45) is 0 Å². The topological polar surface area (TPSA) is 29.5 Å². The minimum absolute atomic E-state index is 0.0890. The van der Waals surface area contributed by atoms with Gasteiger partial charge in [-0.15, -0.1) is 0 Å². The molecule has 1 fully saturated rings. The van der Waals surface area contributed by atoms with E-state index in [4.69, 9.17) is 4.74 Å². The highest BCUT2D eigenvalue weighted by atomic mass is 16.5. The minimum Gasteiger partial charge on any atom is -0.460 e. The van der Waals surface area contributed by atoms with E-state index >= 15 is 0 Å². The Balaban J connectivity index is 1.51. The van der Waals surface area contributed by atoms with Crippen molar-refractivity contribution in [2.75, 3.05) is 6.54 Å². The van der Waals surface area contributed by atoms with E-state index in [2.05, 4.69) is 17.0 Å². The van der Waals surface area contributed by atoms with Crippen molar-refractivity contribution in [3.8, 4) is 0 Å². The van der Waals surface area contributed by atoms with Gasteiger partial charge in [-0.25, -0.2) is 0 Å². The molecule has 0 spiro atoms. The average Bonchev–Trinajstić information content (AvgIpc) is 2.52. The van der Waals surface area contributed by atoms with Crippen LogP contribution in [0.25, 0.3) is 0 Å². The second kappa shape index (κ2) is 6.55. The van der Waals surface area contributed by atoms with Crippen LogP contribution in [-0.4, -0.2) is 23.5 Å². The van der Waals surface area contributed by atoms with Gasteiger partial charge < -0.3 is 4.74 Å². The Hall–Kier alpha value is -2.13. The molecular formula is C18H19NO2. The molecule has 21 heavy (non-hydrogen) atoms. The maximum atomic E-state index is 12.1. The van der Waals surface area contributed by atoms with Crippen LogP contribution in [-0.2, 0) is 22.7 Å². The molecule has 0 aliphatic carbocycles. The molecule has 0 aromatic heterocycles. The lowest BCUT2D eigenvalue weighted by atomic mass is 10.0. The minimum atomic E-state index is -0.110. The maximum absolute atomic E-state index is 12.1. The fourth-order valence-electron chi connectivity index (χ4n) is 2.54. The summed E-state index contributed by atoms with van der Waals surface area (Å²) in [6.45, 7) is 2.13. The second-order valence-corrected chi connectivity index (χ2v) is 5.35. The van der Waals surface area contributed by atoms with Gasteiger partial charge in [0.2, 0.25) is 0 Å². The molecule has 1 atom stereocenters. The highest BCUT2D eigenvalue weighted by molar-refractivity contribution is 5.76. The highest BCUT2D eigenvalue weighted by Gasteiger charge is 2.35. The fourth-order valence-corrected chi connectivity index (χ4v) is 2.54. The number of nitrogens with zero attached hydrogens (tertiary/aromatic N) is 1. The molecule has 108 valence electrons. The van der Waals surface area contributed by atoms with Crippen molar-refractivity contribution in [1.29, 1.82) is 0 Å². The lowest BCUT2D eigenvalue weighted by molar-refractivity contribution is -0.156. The molecule has 3 rings (SSSR count). The molecule has 0 amide bonds. The predicted octanol–water partition coefficient (Wildman–Crippen LogP) is 3.00. The van der Waals surface area contributed by atoms with Gasteiger partial charge in [0.25, 0.3) is 0 Å². The standard InChI is InChI=1S/C18H19NO2/c20-18(21-14-16-9-5-2-6-10-16)17-11-12-19(17)13-15-7-3-1-4-8-15/h1-10,17H,11-14H2/t17-/m1/s1. The first-order valence-electron chi connectivity index (χ1n) is 7.31. The summed E-state index contributed by atoms with van der Waals surface area (Å²) in [6, 6.07) is 19.9. The van der Waals surface area contributed by atoms with Gasteiger partial charge in [0.15, 0.2) is 0 Å². The Morgan fingerprint density at radius 1 is 1.00 bits per heavy atom. The Morgan fingerprint density at radius 2 is 1.62 bits per heavy atom. The molecule has 0 N–H and O–H groups in total. The molecule has 3 nitrogen and oxygen atoms in total. The van der Waals surface area contributed by atoms with E-state index in [9.17, 15) is 4.79 Å². The van der Waals surface area contributed by atoms with Gasteiger partial charge in [-0.3, -0.25) is 9.69 Å². The Labute approximate surface area is 125 Å². The van der Waals surface area contributed by atoms with E-state index in [-0.39, 0.29) is 12.0 Å². The van der Waals surface area contributed by atoms with E-state index in [1.165, 1.54) is 5.56 Å². The number of carbonyl (C=O) groups excluding carboxylic acids is 1. The Bertz CT molecular complexity index is 583. The zero-order valence-electron chi connectivity index (χ0n) is 11.9. The molecule has 2 aromatic carbocycles. The number of hydrogen-bond acceptors (Lipinski definition) is 3. The molecular weight excluding hydrogens is 262 g/mol. The average molecular weight is 281 g/mol. The van der Waals surface area contributed by atoms with Crippen molar-refractivity contribution in [1.82, 2.24) is 4.90 Å². The van der Waals surface area contributed by atoms with Crippen LogP contribution in [0, 0.1) is 0 Å². The summed E-state index contributed by atoms with van der Waals surface area (Å²) in [6.07, 6.45) is 0.889. The van der Waals surface area contributed by atoms with E-state index in [1.54, 1.807) is 0 Å². The molecule has 1 aliphatic heterocycles. The maximum Gasteiger partial charge on any atom is 0.323 e. The van der Waals surface area contributed by atoms with Crippen LogP contribution >= 0.6 is 0 Å². The third-order valence-electron chi connectivity index (χ3n) is 3.86. The molecule has 1 saturated heterocycles. The number of likely N-dealkylation sites (tertiary alicyclic amines) is 1. The van der Waals surface area contributed by atoms with Gasteiger partial charge >= 0.3 is 5.97 Å². The predicted molar refractivity (Wildman–Crippen MR) is 81.5 cm³/mol. The van der Waals surface area contributed by atoms with E-state index in [1.807, 2.05) is 48.5 Å². The summed E-state index contributed by atoms with van der Waals surface area (Å²) in [5.41, 5.74) is 2.26. The van der Waals surface area contributed by atoms with Gasteiger partial charge in [-0.2, -0.15) is 0 Å². The van der Waals surface area contributed by atoms with Gasteiger partial charge in [-0.05, 0) is 17.5 Å². The molecule has 3 heteroatoms. The summed E-state index contributed by atoms with van der Waals surface area (Å²) >= 11 is 0. The summed E-state index contributed by atoms with van der Waals surface area (Å²) < 4.78 is 5.42. The number of ether oxygens (including phenoxy) is 1. The number of hydrogen-bond donors (Lipinski definition) is 0. The third kappa shape index (κ3) is 3.50. The van der Waals surface area contributed by atoms with Crippen molar-refractivity contribution in [3.63, 3.8) is 0 Å². The molecule has 0 unspecified atom stereocenters. The zero-order valence-corrected chi connectivity index (χ0v) is 11.9. The highest BCUT2D eigenvalue weighted by Crippen LogP contribution is 2.22. The van der Waals surface area contributed by atoms with Crippen molar-refractivity contribution in [2.45, 2.75) is 25.6 Å². The van der Waals surface area contributed by atoms with Gasteiger partial charge in [-0.1, -0.05) is 60.7 Å². The van der Waals surface area contributed by atoms with Crippen LogP contribution in [0.4, 0.5) is 0 Å². The molecule has 2 aromatic rings. The van der Waals surface area contributed by atoms with Gasteiger partial charge in [0, 0.05) is 13.1 Å². The first-order valence-corrected chi connectivity index (χ1v) is 7.31. The van der Waals surface area contributed by atoms with E-state index in [0.717, 1.165) is 25.1 Å². The quantitative estimate of drug-likeness (QED) is 0.789. The lowest BCUT2D eigenvalue weighted by Gasteiger charge is -2.39. The van der Waals surface area contributed by atoms with Crippen LogP contribution in [0.3, 0.4) is 0 Å². The Kier molecular flexibility index (Phi) is 4.31. The number of benzene rings is 2. The smallest absolute Gasteiger partial charge is 0.323 e. The molecule has 0 radical (unpaired) electrons. The first kappa shape index (κ1) is 13.8. The summed E-state index contributed by atoms with van der Waals surface area (Å²) in [7, 11) is 0. The zero-order chi connectivity index (χ0) is 14.5. The van der Waals surface area contributed by atoms with Gasteiger partial charge in [0.05, 0.1) is 0 Å². The summed E-state index contributed by atoms with van der Waals surface area (Å²) in [5, 5.41) is 0. The van der Waals surface area contributed by atoms with Crippen molar-refractivity contribution >= 4 is 5.97 Å². The Morgan fingerprint density at radius 3 is 2.19 bits per heavy atom. The normalized spacial score (nSPS) is 18.0. The van der Waals surface area contributed by atoms with Gasteiger partial charge in [0.1, 0.15) is 12.6 Å². The summed E-state index contributed by atoms with van der Waals surface area (Å²) in [4.78, 5) is 14.3. The van der Waals surface area contributed by atoms with Crippen LogP contribution in [0.2, 0.25) is 0 Å². The number of esters is 1. The molecule has 1 heterocycles. The van der Waals surface area contributed by atoms with Crippen molar-refractivity contribution < 1.29 is 9.53 Å². The van der Waals surface area contributed by atoms with E-state index in [0.29, 0.717) is 6.61 Å². The monoisotopic (exact) mass is 281 g/mol. The third-order valence-corrected chi connectivity index (χ3v) is 3.86. The lowest BCUT2D eigenvalue weighted by Crippen LogP contribution is -2.52. The number of carbonyl (C=O) groups is 1. The fraction of sp³-hybridized carbons (Fsp3) is 0.278. The SMILES string of the molecule is O=C(OCc1ccccc1)[C@H]1CCN1Cc1ccccc1. The summed E-state index contributed by atoms with van der Waals surface area (Å²) in [5.74, 6) is -0.110. The van der Waals surface area contributed by atoms with E-state index < -0.39 is 0 Å². The molecule has 0 saturated carbocycles. The number of rotatable bonds is 5. The van der Waals surface area contributed by atoms with Crippen LogP contribution in [0.15, 0.2) is 60.7 Å². The molecule has 1 aliphatic rings.